The number of benzene rings is 2. The van der Waals surface area contributed by atoms with E-state index in [1.807, 2.05) is 41.5 Å². The number of halogens is 1. The fourth-order valence-corrected chi connectivity index (χ4v) is 10.6. The Morgan fingerprint density at radius 2 is 1.01 bits per heavy atom. The highest BCUT2D eigenvalue weighted by Gasteiger charge is 2.44. The van der Waals surface area contributed by atoms with Crippen molar-refractivity contribution in [2.24, 2.45) is 5.92 Å². The third-order valence-corrected chi connectivity index (χ3v) is 14.9. The largest absolute Gasteiger partial charge is 0.476 e. The van der Waals surface area contributed by atoms with Crippen LogP contribution in [-0.4, -0.2) is 173 Å². The molecule has 4 aliphatic rings. The molecule has 0 radical (unpaired) electrons. The number of nitrogens with one attached hydrogen (secondary N) is 2. The van der Waals surface area contributed by atoms with Crippen molar-refractivity contribution in [1.29, 1.82) is 0 Å². The van der Waals surface area contributed by atoms with Crippen LogP contribution in [-0.2, 0) is 38.2 Å². The van der Waals surface area contributed by atoms with E-state index in [9.17, 15) is 43.2 Å². The molecule has 4 atom stereocenters. The van der Waals surface area contributed by atoms with Crippen LogP contribution in [0.3, 0.4) is 0 Å². The van der Waals surface area contributed by atoms with Gasteiger partial charge in [-0.3, -0.25) is 33.6 Å². The van der Waals surface area contributed by atoms with Gasteiger partial charge in [-0.15, -0.1) is 0 Å². The first-order valence-electron chi connectivity index (χ1n) is 29.1. The maximum Gasteiger partial charge on any atom is 0.412 e. The number of esters is 1. The van der Waals surface area contributed by atoms with Gasteiger partial charge in [0, 0.05) is 95.3 Å². The molecule has 0 aromatic heterocycles. The maximum atomic E-state index is 14.2. The number of piperidine rings is 2. The van der Waals surface area contributed by atoms with Gasteiger partial charge in [-0.2, -0.15) is 0 Å². The summed E-state index contributed by atoms with van der Waals surface area (Å²) >= 11 is 5.85. The zero-order valence-electron chi connectivity index (χ0n) is 51.5. The number of alkyl halides is 1. The number of carbonyl (C=O) groups is 9. The molecule has 2 aromatic rings. The van der Waals surface area contributed by atoms with Gasteiger partial charge in [-0.1, -0.05) is 39.3 Å². The molecule has 4 aliphatic heterocycles. The minimum absolute atomic E-state index is 0.103. The molecule has 0 aliphatic carbocycles. The lowest BCUT2D eigenvalue weighted by Crippen LogP contribution is -2.55. The van der Waals surface area contributed by atoms with Crippen molar-refractivity contribution in [2.75, 3.05) is 62.2 Å². The summed E-state index contributed by atoms with van der Waals surface area (Å²) in [6.07, 6.45) is 1.37. The van der Waals surface area contributed by atoms with Gasteiger partial charge in [0.05, 0.1) is 29.4 Å². The van der Waals surface area contributed by atoms with E-state index < -0.39 is 41.2 Å². The second-order valence-corrected chi connectivity index (χ2v) is 24.0. The van der Waals surface area contributed by atoms with Crippen LogP contribution < -0.4 is 29.9 Å². The summed E-state index contributed by atoms with van der Waals surface area (Å²) in [5, 5.41) is 5.62. The highest BCUT2D eigenvalue weighted by Crippen LogP contribution is 2.42. The lowest BCUT2D eigenvalue weighted by Gasteiger charge is -2.42. The number of nitrogens with zero attached hydrogens (tertiary/aromatic N) is 6. The Bertz CT molecular complexity index is 2730. The Morgan fingerprint density at radius 3 is 1.36 bits per heavy atom. The number of carbonyl (C=O) groups excluding carboxylic acids is 9. The molecule has 4 heterocycles. The van der Waals surface area contributed by atoms with Crippen LogP contribution in [0.5, 0.6) is 11.5 Å². The third-order valence-electron chi connectivity index (χ3n) is 14.8. The summed E-state index contributed by atoms with van der Waals surface area (Å²) in [5.74, 6) is -0.968. The number of anilines is 2. The van der Waals surface area contributed by atoms with E-state index in [-0.39, 0.29) is 98.3 Å². The van der Waals surface area contributed by atoms with Gasteiger partial charge in [-0.05, 0) is 137 Å². The predicted molar refractivity (Wildman–Crippen MR) is 314 cm³/mol. The number of hydrogen-bond acceptors (Lipinski definition) is 14. The lowest BCUT2D eigenvalue weighted by molar-refractivity contribution is -0.170. The standard InChI is InChI=1S/C32H48N4O8.C28H41ClN4O6/c1-10-27(37)33-13-15-35-25-17-24(21(6)16-26(25)44-32(8,9)30(35)40)28(38)36(20(4)5)23-12-11-14-34(18-23)31(41)43-22(7)42-29(39)19(2)3;1-8-24(34)30-11-13-32-22-15-21(18(4)14-23(22)39-28(6,7)26(32)36)25(35)33(17(2)3)20-10-9-12-31(16-20)27(37)38-19(5)29/h16-17,19-20,22-23H,10-15,18H2,1-9H3,(H,33,37);14-15,17,19-20H,8-13,16H2,1-7H3,(H,30,34)/t22?,23-;19?,20-/m11/s1. The normalized spacial score (nSPS) is 18.7. The highest BCUT2D eigenvalue weighted by atomic mass is 35.5. The van der Waals surface area contributed by atoms with Crippen LogP contribution in [0.4, 0.5) is 21.0 Å². The van der Waals surface area contributed by atoms with Gasteiger partial charge in [0.1, 0.15) is 11.5 Å². The molecule has 2 unspecified atom stereocenters. The van der Waals surface area contributed by atoms with E-state index in [4.69, 9.17) is 35.3 Å². The minimum atomic E-state index is -1.12. The molecular weight excluding hydrogens is 1090 g/mol. The molecule has 6 rings (SSSR count). The summed E-state index contributed by atoms with van der Waals surface area (Å²) in [7, 11) is 0. The number of ether oxygens (including phenoxy) is 5. The molecule has 2 N–H and O–H groups in total. The van der Waals surface area contributed by atoms with Crippen molar-refractivity contribution < 1.29 is 66.8 Å². The van der Waals surface area contributed by atoms with E-state index in [0.29, 0.717) is 84.9 Å². The first-order valence-corrected chi connectivity index (χ1v) is 29.5. The summed E-state index contributed by atoms with van der Waals surface area (Å²) in [4.78, 5) is 126. The van der Waals surface area contributed by atoms with Crippen LogP contribution >= 0.6 is 11.6 Å². The van der Waals surface area contributed by atoms with Crippen molar-refractivity contribution in [1.82, 2.24) is 30.2 Å². The molecular formula is C60H89ClN8O14. The second-order valence-electron chi connectivity index (χ2n) is 23.4. The fraction of sp³-hybridized carbons (Fsp3) is 0.650. The van der Waals surface area contributed by atoms with E-state index in [2.05, 4.69) is 10.6 Å². The summed E-state index contributed by atoms with van der Waals surface area (Å²) in [5.41, 5.74) is 0.295. The molecule has 2 fully saturated rings. The van der Waals surface area contributed by atoms with E-state index in [1.54, 1.807) is 111 Å². The fourth-order valence-electron chi connectivity index (χ4n) is 10.6. The smallest absolute Gasteiger partial charge is 0.412 e. The molecule has 83 heavy (non-hydrogen) atoms. The molecule has 2 aromatic carbocycles. The summed E-state index contributed by atoms with van der Waals surface area (Å²) < 4.78 is 27.8. The van der Waals surface area contributed by atoms with Gasteiger partial charge in [0.2, 0.25) is 18.1 Å². The molecule has 0 bridgehead atoms. The Hall–Kier alpha value is -6.84. The van der Waals surface area contributed by atoms with Gasteiger partial charge in [-0.25, -0.2) is 9.59 Å². The number of aryl methyl sites for hydroxylation is 2. The Morgan fingerprint density at radius 1 is 0.627 bits per heavy atom. The van der Waals surface area contributed by atoms with Gasteiger partial charge in [0.15, 0.2) is 16.8 Å². The Labute approximate surface area is 494 Å². The zero-order chi connectivity index (χ0) is 62.0. The molecule has 23 heteroatoms. The van der Waals surface area contributed by atoms with E-state index in [0.717, 1.165) is 18.4 Å². The van der Waals surface area contributed by atoms with Crippen LogP contribution in [0.25, 0.3) is 0 Å². The monoisotopic (exact) mass is 1180 g/mol. The van der Waals surface area contributed by atoms with E-state index >= 15 is 0 Å². The maximum absolute atomic E-state index is 14.2. The first kappa shape index (κ1) is 67.0. The Kier molecular flexibility index (Phi) is 23.1. The Balaban J connectivity index is 0.000000306. The van der Waals surface area contributed by atoms with Crippen LogP contribution in [0.2, 0.25) is 0 Å². The van der Waals surface area contributed by atoms with Crippen molar-refractivity contribution in [3.05, 3.63) is 46.5 Å². The molecule has 0 saturated carbocycles. The number of hydrogen-bond donors (Lipinski definition) is 2. The van der Waals surface area contributed by atoms with Crippen molar-refractivity contribution in [3.63, 3.8) is 0 Å². The third kappa shape index (κ3) is 16.7. The van der Waals surface area contributed by atoms with Crippen LogP contribution in [0.1, 0.15) is 167 Å². The molecule has 0 spiro atoms. The van der Waals surface area contributed by atoms with Crippen LogP contribution in [0, 0.1) is 19.8 Å². The predicted octanol–water partition coefficient (Wildman–Crippen LogP) is 8.08. The SMILES string of the molecule is CCC(=O)NCCN1C(=O)C(C)(C)Oc2cc(C)c(C(=O)N(C(C)C)[C@@H]3CCCN(C(=O)OC(C)Cl)C3)cc21.CCC(=O)NCCN1C(=O)C(C)(C)Oc2cc(C)c(C(=O)N(C(C)C)[C@@H]3CCCN(C(=O)OC(C)OC(=O)C(C)C)C3)cc21. The topological polar surface area (TPSA) is 243 Å². The van der Waals surface area contributed by atoms with Gasteiger partial charge >= 0.3 is 18.2 Å². The molecule has 22 nitrogen and oxygen atoms in total. The number of amides is 8. The quantitative estimate of drug-likeness (QED) is 0.0815. The first-order chi connectivity index (χ1) is 38.8. The minimum Gasteiger partial charge on any atom is -0.476 e. The summed E-state index contributed by atoms with van der Waals surface area (Å²) in [6.45, 7) is 30.8. The molecule has 460 valence electrons. The average molecular weight is 1180 g/mol. The van der Waals surface area contributed by atoms with Gasteiger partial charge < -0.3 is 63.7 Å². The number of fused-ring (bicyclic) bond motifs is 2. The van der Waals surface area contributed by atoms with Crippen LogP contribution in [0.15, 0.2) is 24.3 Å². The van der Waals surface area contributed by atoms with Crippen molar-refractivity contribution in [2.45, 2.75) is 197 Å². The van der Waals surface area contributed by atoms with Crippen molar-refractivity contribution >= 4 is 76.6 Å². The highest BCUT2D eigenvalue weighted by molar-refractivity contribution is 6.20. The molecule has 2 saturated heterocycles. The average Bonchev–Trinajstić information content (AvgIpc) is 1.81. The number of rotatable bonds is 18. The molecule has 8 amide bonds. The van der Waals surface area contributed by atoms with E-state index in [1.165, 1.54) is 11.8 Å². The van der Waals surface area contributed by atoms with Crippen molar-refractivity contribution in [3.8, 4) is 11.5 Å². The summed E-state index contributed by atoms with van der Waals surface area (Å²) in [6, 6.07) is 6.14. The second kappa shape index (κ2) is 28.6. The zero-order valence-corrected chi connectivity index (χ0v) is 52.3. The lowest BCUT2D eigenvalue weighted by atomic mass is 9.97. The van der Waals surface area contributed by atoms with Gasteiger partial charge in [0.25, 0.3) is 23.6 Å². The number of likely N-dealkylation sites (tertiary alicyclic amines) is 2.